The van der Waals surface area contributed by atoms with Crippen LogP contribution in [0.15, 0.2) is 24.3 Å². The minimum atomic E-state index is -0.250. The number of carbonyl (C=O) groups is 1. The minimum Gasteiger partial charge on any atom is -0.483 e. The number of hydrogen-bond donors (Lipinski definition) is 1. The molecule has 0 spiro atoms. The van der Waals surface area contributed by atoms with Gasteiger partial charge in [0.15, 0.2) is 0 Å². The lowest BCUT2D eigenvalue weighted by atomic mass is 10.2. The molecule has 1 unspecified atom stereocenters. The number of rotatable bonds is 1. The zero-order chi connectivity index (χ0) is 14.0. The van der Waals surface area contributed by atoms with Crippen molar-refractivity contribution in [3.8, 4) is 0 Å². The monoisotopic (exact) mass is 271 g/mol. The van der Waals surface area contributed by atoms with Gasteiger partial charge >= 0.3 is 0 Å². The molecule has 0 bridgehead atoms. The summed E-state index contributed by atoms with van der Waals surface area (Å²) < 4.78 is 0. The van der Waals surface area contributed by atoms with Gasteiger partial charge in [-0.1, -0.05) is 32.4 Å². The van der Waals surface area contributed by atoms with Gasteiger partial charge in [0.1, 0.15) is 0 Å². The van der Waals surface area contributed by atoms with Crippen LogP contribution in [0.4, 0.5) is 5.69 Å². The van der Waals surface area contributed by atoms with Crippen LogP contribution in [0.3, 0.4) is 0 Å². The van der Waals surface area contributed by atoms with Crippen molar-refractivity contribution in [1.29, 1.82) is 0 Å². The molecule has 1 aromatic rings. The van der Waals surface area contributed by atoms with E-state index in [1.54, 1.807) is 0 Å². The van der Waals surface area contributed by atoms with Crippen molar-refractivity contribution in [2.75, 3.05) is 18.0 Å². The summed E-state index contributed by atoms with van der Waals surface area (Å²) in [5.41, 5.74) is 1.30. The number of hydrogen-bond acceptors (Lipinski definition) is 2. The highest BCUT2D eigenvalue weighted by atomic mass is 35.5. The van der Waals surface area contributed by atoms with Crippen LogP contribution in [-0.2, 0) is 4.79 Å². The lowest BCUT2D eigenvalue weighted by molar-refractivity contribution is -0.122. The summed E-state index contributed by atoms with van der Waals surface area (Å²) in [7, 11) is 0. The molecule has 1 aliphatic heterocycles. The third-order valence-corrected chi connectivity index (χ3v) is 2.87. The van der Waals surface area contributed by atoms with Crippen LogP contribution in [-0.4, -0.2) is 24.7 Å². The van der Waals surface area contributed by atoms with Gasteiger partial charge in [-0.3, -0.25) is 4.79 Å². The van der Waals surface area contributed by atoms with E-state index in [0.29, 0.717) is 0 Å². The van der Waals surface area contributed by atoms with Gasteiger partial charge in [-0.05, 0) is 36.6 Å². The Kier molecular flexibility index (Phi) is 9.11. The smallest absolute Gasteiger partial charge is 0.290 e. The van der Waals surface area contributed by atoms with E-state index in [-0.39, 0.29) is 6.47 Å². The van der Waals surface area contributed by atoms with E-state index in [4.69, 9.17) is 21.5 Å². The molecule has 1 aromatic carbocycles. The number of carboxylic acid groups (broad SMARTS) is 1. The van der Waals surface area contributed by atoms with Crippen molar-refractivity contribution in [1.82, 2.24) is 0 Å². The van der Waals surface area contributed by atoms with Crippen LogP contribution in [0.1, 0.15) is 27.2 Å². The Labute approximate surface area is 114 Å². The lowest BCUT2D eigenvalue weighted by Gasteiger charge is -2.17. The molecule has 1 fully saturated rings. The zero-order valence-corrected chi connectivity index (χ0v) is 12.0. The Hall–Kier alpha value is -1.22. The number of benzene rings is 1. The first-order valence-corrected chi connectivity index (χ1v) is 6.63. The molecule has 1 atom stereocenters. The Morgan fingerprint density at radius 3 is 2.22 bits per heavy atom. The van der Waals surface area contributed by atoms with Crippen LogP contribution in [0.5, 0.6) is 0 Å². The highest BCUT2D eigenvalue weighted by Crippen LogP contribution is 2.24. The molecule has 3 nitrogen and oxygen atoms in total. The first kappa shape index (κ1) is 16.8. The predicted molar refractivity (Wildman–Crippen MR) is 77.5 cm³/mol. The van der Waals surface area contributed by atoms with Gasteiger partial charge in [0, 0.05) is 23.8 Å². The summed E-state index contributed by atoms with van der Waals surface area (Å²) in [6.45, 7) is 8.42. The third-order valence-electron chi connectivity index (χ3n) is 2.62. The molecular formula is C14H22ClNO2. The quantitative estimate of drug-likeness (QED) is 0.787. The highest BCUT2D eigenvalue weighted by Gasteiger charge is 2.18. The average Bonchev–Trinajstić information content (AvgIpc) is 2.80. The van der Waals surface area contributed by atoms with Crippen molar-refractivity contribution in [3.05, 3.63) is 29.3 Å². The summed E-state index contributed by atoms with van der Waals surface area (Å²) in [4.78, 5) is 10.8. The molecule has 0 amide bonds. The van der Waals surface area contributed by atoms with E-state index in [1.165, 1.54) is 25.2 Å². The maximum atomic E-state index is 8.36. The number of halogens is 1. The number of nitrogens with zero attached hydrogens (tertiary/aromatic N) is 1. The fourth-order valence-corrected chi connectivity index (χ4v) is 1.95. The van der Waals surface area contributed by atoms with Crippen molar-refractivity contribution in [3.63, 3.8) is 0 Å². The molecule has 1 saturated heterocycles. The van der Waals surface area contributed by atoms with E-state index in [2.05, 4.69) is 24.0 Å². The molecule has 0 saturated carbocycles. The van der Waals surface area contributed by atoms with Gasteiger partial charge in [0.05, 0.1) is 0 Å². The molecule has 0 radical (unpaired) electrons. The van der Waals surface area contributed by atoms with Gasteiger partial charge in [0.25, 0.3) is 6.47 Å². The third kappa shape index (κ3) is 5.92. The van der Waals surface area contributed by atoms with E-state index in [0.717, 1.165) is 10.9 Å². The predicted octanol–water partition coefficient (Wildman–Crippen LogP) is 3.91. The molecule has 0 aromatic heterocycles. The summed E-state index contributed by atoms with van der Waals surface area (Å²) in [5, 5.41) is 7.70. The van der Waals surface area contributed by atoms with Gasteiger partial charge < -0.3 is 10.0 Å². The Morgan fingerprint density at radius 2 is 1.83 bits per heavy atom. The molecule has 1 heterocycles. The van der Waals surface area contributed by atoms with Crippen LogP contribution in [0.2, 0.25) is 5.02 Å². The largest absolute Gasteiger partial charge is 0.483 e. The van der Waals surface area contributed by atoms with E-state index in [1.807, 2.05) is 26.0 Å². The second-order valence-electron chi connectivity index (χ2n) is 3.92. The fourth-order valence-electron chi connectivity index (χ4n) is 1.82. The van der Waals surface area contributed by atoms with Gasteiger partial charge in [0.2, 0.25) is 0 Å². The summed E-state index contributed by atoms with van der Waals surface area (Å²) >= 11 is 5.83. The fraction of sp³-hybridized carbons (Fsp3) is 0.500. The molecule has 1 aliphatic rings. The SMILES string of the molecule is CC.CC1CCN(c2ccc(Cl)cc2)C1.O=CO. The lowest BCUT2D eigenvalue weighted by Crippen LogP contribution is -2.18. The number of anilines is 1. The van der Waals surface area contributed by atoms with Crippen molar-refractivity contribution < 1.29 is 9.90 Å². The maximum Gasteiger partial charge on any atom is 0.290 e. The van der Waals surface area contributed by atoms with E-state index in [9.17, 15) is 0 Å². The zero-order valence-electron chi connectivity index (χ0n) is 11.3. The Balaban J connectivity index is 0.000000509. The van der Waals surface area contributed by atoms with Crippen molar-refractivity contribution >= 4 is 23.8 Å². The molecular weight excluding hydrogens is 250 g/mol. The first-order valence-electron chi connectivity index (χ1n) is 6.25. The van der Waals surface area contributed by atoms with Crippen LogP contribution < -0.4 is 4.90 Å². The minimum absolute atomic E-state index is 0.250. The summed E-state index contributed by atoms with van der Waals surface area (Å²) in [6, 6.07) is 8.11. The molecule has 2 rings (SSSR count). The molecule has 18 heavy (non-hydrogen) atoms. The molecule has 4 heteroatoms. The highest BCUT2D eigenvalue weighted by molar-refractivity contribution is 6.30. The Morgan fingerprint density at radius 1 is 1.33 bits per heavy atom. The van der Waals surface area contributed by atoms with Crippen molar-refractivity contribution in [2.45, 2.75) is 27.2 Å². The van der Waals surface area contributed by atoms with Crippen LogP contribution in [0.25, 0.3) is 0 Å². The van der Waals surface area contributed by atoms with Gasteiger partial charge in [-0.25, -0.2) is 0 Å². The van der Waals surface area contributed by atoms with Crippen molar-refractivity contribution in [2.24, 2.45) is 5.92 Å². The average molecular weight is 272 g/mol. The first-order chi connectivity index (χ1) is 8.67. The second kappa shape index (κ2) is 9.77. The van der Waals surface area contributed by atoms with Gasteiger partial charge in [-0.15, -0.1) is 0 Å². The molecule has 0 aliphatic carbocycles. The topological polar surface area (TPSA) is 40.5 Å². The maximum absolute atomic E-state index is 8.36. The molecule has 102 valence electrons. The van der Waals surface area contributed by atoms with Gasteiger partial charge in [-0.2, -0.15) is 0 Å². The van der Waals surface area contributed by atoms with Crippen LogP contribution >= 0.6 is 11.6 Å². The summed E-state index contributed by atoms with van der Waals surface area (Å²) in [5.74, 6) is 0.829. The van der Waals surface area contributed by atoms with E-state index < -0.39 is 0 Å². The van der Waals surface area contributed by atoms with Crippen LogP contribution in [0, 0.1) is 5.92 Å². The normalized spacial score (nSPS) is 17.1. The van der Waals surface area contributed by atoms with E-state index >= 15 is 0 Å². The summed E-state index contributed by atoms with van der Waals surface area (Å²) in [6.07, 6.45) is 1.31. The molecule has 1 N–H and O–H groups in total. The second-order valence-corrected chi connectivity index (χ2v) is 4.36. The Bertz CT molecular complexity index is 327. The standard InChI is InChI=1S/C11H14ClN.C2H6.CH2O2/c1-9-6-7-13(8-9)11-4-2-10(12)3-5-11;1-2;2-1-3/h2-5,9H,6-8H2,1H3;1-2H3;1H,(H,2,3).